The monoisotopic (exact) mass is 434 g/mol. The molecule has 7 nitrogen and oxygen atoms in total. The lowest BCUT2D eigenvalue weighted by atomic mass is 10.0. The van der Waals surface area contributed by atoms with E-state index in [2.05, 4.69) is 12.2 Å². The Kier molecular flexibility index (Phi) is 6.73. The molecule has 4 rings (SSSR count). The van der Waals surface area contributed by atoms with Gasteiger partial charge >= 0.3 is 0 Å². The summed E-state index contributed by atoms with van der Waals surface area (Å²) in [7, 11) is 1.60. The second kappa shape index (κ2) is 9.85. The molecule has 2 aromatic carbocycles. The topological polar surface area (TPSA) is 76.5 Å². The maximum Gasteiger partial charge on any atom is 0.251 e. The molecule has 1 N–H and O–H groups in total. The van der Waals surface area contributed by atoms with Crippen molar-refractivity contribution in [2.75, 3.05) is 20.2 Å². The fraction of sp³-hybridized carbons (Fsp3) is 0.400. The number of aromatic nitrogens is 2. The Hall–Kier alpha value is -3.35. The van der Waals surface area contributed by atoms with Crippen molar-refractivity contribution in [2.45, 2.75) is 45.2 Å². The fourth-order valence-electron chi connectivity index (χ4n) is 4.32. The van der Waals surface area contributed by atoms with E-state index in [0.29, 0.717) is 24.3 Å². The summed E-state index contributed by atoms with van der Waals surface area (Å²) >= 11 is 0. The van der Waals surface area contributed by atoms with Crippen LogP contribution < -0.4 is 10.1 Å². The third-order valence-electron chi connectivity index (χ3n) is 6.14. The van der Waals surface area contributed by atoms with Crippen molar-refractivity contribution in [1.29, 1.82) is 0 Å². The van der Waals surface area contributed by atoms with Gasteiger partial charge in [0, 0.05) is 31.1 Å². The van der Waals surface area contributed by atoms with E-state index in [4.69, 9.17) is 9.72 Å². The maximum absolute atomic E-state index is 13.1. The highest BCUT2D eigenvalue weighted by atomic mass is 16.5. The van der Waals surface area contributed by atoms with Crippen LogP contribution in [0, 0.1) is 0 Å². The first-order valence-corrected chi connectivity index (χ1v) is 11.2. The number of methoxy groups -OCH3 is 1. The Bertz CT molecular complexity index is 1090. The van der Waals surface area contributed by atoms with E-state index < -0.39 is 0 Å². The van der Waals surface area contributed by atoms with E-state index in [-0.39, 0.29) is 24.4 Å². The molecular weight excluding hydrogens is 404 g/mol. The molecule has 1 aliphatic heterocycles. The van der Waals surface area contributed by atoms with Crippen molar-refractivity contribution < 1.29 is 14.3 Å². The first-order chi connectivity index (χ1) is 15.6. The number of benzene rings is 2. The molecule has 7 heteroatoms. The number of hydrogen-bond donors (Lipinski definition) is 1. The van der Waals surface area contributed by atoms with Gasteiger partial charge in [0.15, 0.2) is 0 Å². The maximum atomic E-state index is 13.1. The molecule has 168 valence electrons. The predicted octanol–water partition coefficient (Wildman–Crippen LogP) is 3.42. The van der Waals surface area contributed by atoms with Gasteiger partial charge < -0.3 is 19.5 Å². The molecule has 0 aliphatic carbocycles. The summed E-state index contributed by atoms with van der Waals surface area (Å²) in [5.74, 6) is 1.50. The van der Waals surface area contributed by atoms with Crippen LogP contribution in [-0.2, 0) is 17.8 Å². The number of piperidine rings is 1. The van der Waals surface area contributed by atoms with E-state index in [0.717, 1.165) is 36.2 Å². The van der Waals surface area contributed by atoms with Crippen molar-refractivity contribution in [3.63, 3.8) is 0 Å². The van der Waals surface area contributed by atoms with Gasteiger partial charge in [0.1, 0.15) is 18.1 Å². The lowest BCUT2D eigenvalue weighted by Gasteiger charge is -2.33. The summed E-state index contributed by atoms with van der Waals surface area (Å²) in [6.07, 6.45) is 3.84. The first-order valence-electron chi connectivity index (χ1n) is 11.2. The molecule has 32 heavy (non-hydrogen) atoms. The summed E-state index contributed by atoms with van der Waals surface area (Å²) in [5.41, 5.74) is 2.39. The van der Waals surface area contributed by atoms with Crippen LogP contribution in [0.3, 0.4) is 0 Å². The molecule has 1 unspecified atom stereocenters. The predicted molar refractivity (Wildman–Crippen MR) is 124 cm³/mol. The van der Waals surface area contributed by atoms with Crippen molar-refractivity contribution >= 4 is 22.8 Å². The van der Waals surface area contributed by atoms with Crippen LogP contribution in [0.1, 0.15) is 42.4 Å². The largest absolute Gasteiger partial charge is 0.497 e. The molecule has 1 aromatic heterocycles. The summed E-state index contributed by atoms with van der Waals surface area (Å²) in [5, 5.41) is 2.95. The fourth-order valence-corrected chi connectivity index (χ4v) is 4.32. The third-order valence-corrected chi connectivity index (χ3v) is 6.14. The number of nitrogens with one attached hydrogen (secondary N) is 1. The van der Waals surface area contributed by atoms with Crippen molar-refractivity contribution in [1.82, 2.24) is 19.8 Å². The summed E-state index contributed by atoms with van der Waals surface area (Å²) in [4.78, 5) is 32.3. The van der Waals surface area contributed by atoms with Gasteiger partial charge in [-0.2, -0.15) is 0 Å². The molecule has 0 radical (unpaired) electrons. The van der Waals surface area contributed by atoms with E-state index in [1.807, 2.05) is 33.7 Å². The smallest absolute Gasteiger partial charge is 0.251 e. The van der Waals surface area contributed by atoms with Crippen molar-refractivity contribution in [2.24, 2.45) is 0 Å². The average Bonchev–Trinajstić information content (AvgIpc) is 3.16. The van der Waals surface area contributed by atoms with Gasteiger partial charge in [-0.1, -0.05) is 12.1 Å². The van der Waals surface area contributed by atoms with E-state index in [1.54, 1.807) is 31.4 Å². The number of ether oxygens (including phenoxy) is 1. The second-order valence-corrected chi connectivity index (χ2v) is 8.27. The Morgan fingerprint density at radius 2 is 1.91 bits per heavy atom. The molecule has 2 heterocycles. The van der Waals surface area contributed by atoms with E-state index >= 15 is 0 Å². The minimum atomic E-state index is -0.145. The van der Waals surface area contributed by atoms with Crippen LogP contribution in [0.15, 0.2) is 48.5 Å². The van der Waals surface area contributed by atoms with Gasteiger partial charge in [-0.15, -0.1) is 0 Å². The molecular formula is C25H30N4O3. The summed E-state index contributed by atoms with van der Waals surface area (Å²) in [6.45, 7) is 3.65. The van der Waals surface area contributed by atoms with Gasteiger partial charge in [-0.25, -0.2) is 4.98 Å². The standard InChI is InChI=1S/C25H30N4O3/c1-18-7-5-6-16-28(18)24(30)17-29-22-9-4-3-8-21(22)27-23(29)14-15-26-25(31)19-10-12-20(32-2)13-11-19/h3-4,8-13,18H,5-7,14-17H2,1-2H3,(H,26,31). The van der Waals surface area contributed by atoms with Gasteiger partial charge in [0.25, 0.3) is 5.91 Å². The quantitative estimate of drug-likeness (QED) is 0.618. The number of likely N-dealkylation sites (tertiary alicyclic amines) is 1. The van der Waals surface area contributed by atoms with E-state index in [9.17, 15) is 9.59 Å². The lowest BCUT2D eigenvalue weighted by molar-refractivity contribution is -0.135. The lowest BCUT2D eigenvalue weighted by Crippen LogP contribution is -2.43. The number of para-hydroxylation sites is 2. The van der Waals surface area contributed by atoms with Gasteiger partial charge in [0.05, 0.1) is 18.1 Å². The van der Waals surface area contributed by atoms with E-state index in [1.165, 1.54) is 6.42 Å². The first kappa shape index (κ1) is 21.9. The second-order valence-electron chi connectivity index (χ2n) is 8.27. The molecule has 0 saturated carbocycles. The van der Waals surface area contributed by atoms with Crippen molar-refractivity contribution in [3.05, 3.63) is 59.9 Å². The third kappa shape index (κ3) is 4.77. The number of fused-ring (bicyclic) bond motifs is 1. The summed E-state index contributed by atoms with van der Waals surface area (Å²) in [6, 6.07) is 15.1. The zero-order chi connectivity index (χ0) is 22.5. The number of amides is 2. The van der Waals surface area contributed by atoms with Gasteiger partial charge in [-0.05, 0) is 62.6 Å². The number of hydrogen-bond acceptors (Lipinski definition) is 4. The van der Waals surface area contributed by atoms with Crippen LogP contribution in [0.25, 0.3) is 11.0 Å². The Balaban J connectivity index is 1.46. The van der Waals surface area contributed by atoms with Gasteiger partial charge in [-0.3, -0.25) is 9.59 Å². The highest BCUT2D eigenvalue weighted by Gasteiger charge is 2.24. The summed E-state index contributed by atoms with van der Waals surface area (Å²) < 4.78 is 7.14. The number of rotatable bonds is 7. The van der Waals surface area contributed by atoms with Crippen LogP contribution in [0.4, 0.5) is 0 Å². The normalized spacial score (nSPS) is 16.2. The molecule has 1 atom stereocenters. The Morgan fingerprint density at radius 3 is 2.66 bits per heavy atom. The zero-order valence-electron chi connectivity index (χ0n) is 18.7. The number of carbonyl (C=O) groups is 2. The number of imidazole rings is 1. The number of nitrogens with zero attached hydrogens (tertiary/aromatic N) is 3. The van der Waals surface area contributed by atoms with Crippen LogP contribution in [-0.4, -0.2) is 52.5 Å². The molecule has 1 fully saturated rings. The number of carbonyl (C=O) groups excluding carboxylic acids is 2. The molecule has 0 bridgehead atoms. The molecule has 0 spiro atoms. The molecule has 1 saturated heterocycles. The molecule has 2 amide bonds. The molecule has 1 aliphatic rings. The average molecular weight is 435 g/mol. The highest BCUT2D eigenvalue weighted by molar-refractivity contribution is 5.94. The van der Waals surface area contributed by atoms with Crippen molar-refractivity contribution in [3.8, 4) is 5.75 Å². The van der Waals surface area contributed by atoms with Crippen LogP contribution in [0.2, 0.25) is 0 Å². The highest BCUT2D eigenvalue weighted by Crippen LogP contribution is 2.20. The Morgan fingerprint density at radius 1 is 1.12 bits per heavy atom. The SMILES string of the molecule is COc1ccc(C(=O)NCCc2nc3ccccc3n2CC(=O)N2CCCCC2C)cc1. The van der Waals surface area contributed by atoms with Crippen LogP contribution >= 0.6 is 0 Å². The zero-order valence-corrected chi connectivity index (χ0v) is 18.7. The minimum absolute atomic E-state index is 0.129. The minimum Gasteiger partial charge on any atom is -0.497 e. The van der Waals surface area contributed by atoms with Gasteiger partial charge in [0.2, 0.25) is 5.91 Å². The Labute approximate surface area is 188 Å². The molecule has 3 aromatic rings. The van der Waals surface area contributed by atoms with Crippen LogP contribution in [0.5, 0.6) is 5.75 Å².